The highest BCUT2D eigenvalue weighted by molar-refractivity contribution is 7.09. The maximum absolute atomic E-state index is 4.82. The van der Waals surface area contributed by atoms with E-state index < -0.39 is 0 Å². The van der Waals surface area contributed by atoms with Crippen molar-refractivity contribution in [2.45, 2.75) is 52.0 Å². The molecule has 0 bridgehead atoms. The summed E-state index contributed by atoms with van der Waals surface area (Å²) in [6.45, 7) is 9.84. The maximum Gasteiger partial charge on any atom is 0.0947 e. The van der Waals surface area contributed by atoms with Crippen LogP contribution >= 0.6 is 11.3 Å². The van der Waals surface area contributed by atoms with Crippen molar-refractivity contribution in [3.8, 4) is 0 Å². The second-order valence-corrected chi connectivity index (χ2v) is 7.31. The van der Waals surface area contributed by atoms with Crippen LogP contribution in [-0.2, 0) is 11.8 Å². The molecule has 2 aromatic rings. The minimum atomic E-state index is 0.123. The van der Waals surface area contributed by atoms with Gasteiger partial charge in [-0.2, -0.15) is 0 Å². The van der Waals surface area contributed by atoms with Crippen LogP contribution in [-0.4, -0.2) is 16.5 Å². The molecule has 3 nitrogen and oxygen atoms in total. The lowest BCUT2D eigenvalue weighted by molar-refractivity contribution is 0.523. The Hall–Kier alpha value is -1.26. The van der Waals surface area contributed by atoms with Crippen LogP contribution in [0.1, 0.15) is 56.4 Å². The van der Waals surface area contributed by atoms with Crippen molar-refractivity contribution in [2.24, 2.45) is 0 Å². The molecule has 114 valence electrons. The number of aromatic nitrogens is 2. The van der Waals surface area contributed by atoms with Gasteiger partial charge >= 0.3 is 0 Å². The first kappa shape index (κ1) is 16.1. The lowest BCUT2D eigenvalue weighted by Crippen LogP contribution is -2.24. The zero-order chi connectivity index (χ0) is 15.3. The molecule has 0 aliphatic carbocycles. The second-order valence-electron chi connectivity index (χ2n) is 6.37. The molecule has 0 amide bonds. The summed E-state index contributed by atoms with van der Waals surface area (Å²) in [5.41, 5.74) is 2.59. The molecule has 1 atom stereocenters. The van der Waals surface area contributed by atoms with Gasteiger partial charge in [-0.3, -0.25) is 4.98 Å². The van der Waals surface area contributed by atoms with Crippen LogP contribution < -0.4 is 5.32 Å². The summed E-state index contributed by atoms with van der Waals surface area (Å²) in [5, 5.41) is 7.01. The van der Waals surface area contributed by atoms with Crippen LogP contribution in [0.4, 0.5) is 0 Å². The predicted molar refractivity (Wildman–Crippen MR) is 89.8 cm³/mol. The molecule has 1 unspecified atom stereocenters. The molecule has 0 radical (unpaired) electrons. The lowest BCUT2D eigenvalue weighted by atomic mass is 9.93. The van der Waals surface area contributed by atoms with Gasteiger partial charge in [0.1, 0.15) is 0 Å². The quantitative estimate of drug-likeness (QED) is 0.872. The van der Waals surface area contributed by atoms with Gasteiger partial charge < -0.3 is 5.32 Å². The first-order valence-corrected chi connectivity index (χ1v) is 8.47. The van der Waals surface area contributed by atoms with E-state index in [0.29, 0.717) is 6.04 Å². The van der Waals surface area contributed by atoms with Crippen LogP contribution in [0.15, 0.2) is 29.9 Å². The van der Waals surface area contributed by atoms with E-state index in [1.807, 2.05) is 12.4 Å². The van der Waals surface area contributed by atoms with E-state index in [-0.39, 0.29) is 5.41 Å². The number of pyridine rings is 1. The number of nitrogens with one attached hydrogen (secondary N) is 1. The van der Waals surface area contributed by atoms with E-state index in [9.17, 15) is 0 Å². The predicted octanol–water partition coefficient (Wildman–Crippen LogP) is 4.12. The Morgan fingerprint density at radius 3 is 2.52 bits per heavy atom. The van der Waals surface area contributed by atoms with E-state index in [1.54, 1.807) is 11.3 Å². The van der Waals surface area contributed by atoms with Crippen LogP contribution in [0.3, 0.4) is 0 Å². The minimum Gasteiger partial charge on any atom is -0.310 e. The third-order valence-corrected chi connectivity index (χ3v) is 4.32. The van der Waals surface area contributed by atoms with Crippen LogP contribution in [0.2, 0.25) is 0 Å². The molecular formula is C17H25N3S. The summed E-state index contributed by atoms with van der Waals surface area (Å²) >= 11 is 1.77. The summed E-state index contributed by atoms with van der Waals surface area (Å²) < 4.78 is 0. The van der Waals surface area contributed by atoms with Crippen molar-refractivity contribution in [1.29, 1.82) is 0 Å². The van der Waals surface area contributed by atoms with Crippen molar-refractivity contribution in [3.05, 3.63) is 46.2 Å². The van der Waals surface area contributed by atoms with Crippen molar-refractivity contribution in [2.75, 3.05) is 6.54 Å². The Bertz CT molecular complexity index is 543. The smallest absolute Gasteiger partial charge is 0.0947 e. The minimum absolute atomic E-state index is 0.123. The van der Waals surface area contributed by atoms with Gasteiger partial charge in [0, 0.05) is 35.7 Å². The fourth-order valence-corrected chi connectivity index (χ4v) is 3.21. The van der Waals surface area contributed by atoms with Crippen LogP contribution in [0.25, 0.3) is 0 Å². The molecule has 2 aromatic heterocycles. The number of rotatable bonds is 6. The summed E-state index contributed by atoms with van der Waals surface area (Å²) in [5.74, 6) is 0. The van der Waals surface area contributed by atoms with Crippen molar-refractivity contribution in [1.82, 2.24) is 15.3 Å². The molecule has 0 aliphatic heterocycles. The molecule has 21 heavy (non-hydrogen) atoms. The third-order valence-electron chi connectivity index (χ3n) is 3.45. The van der Waals surface area contributed by atoms with Gasteiger partial charge in [0.05, 0.1) is 10.7 Å². The number of hydrogen-bond donors (Lipinski definition) is 1. The molecule has 0 saturated heterocycles. The summed E-state index contributed by atoms with van der Waals surface area (Å²) in [6.07, 6.45) is 5.79. The van der Waals surface area contributed by atoms with E-state index >= 15 is 0 Å². The molecule has 0 fully saturated rings. The SMILES string of the molecule is CCCNC(Cc1nc(C(C)(C)C)cs1)c1ccncc1. The highest BCUT2D eigenvalue weighted by Crippen LogP contribution is 2.26. The topological polar surface area (TPSA) is 37.8 Å². The van der Waals surface area contributed by atoms with Gasteiger partial charge in [-0.25, -0.2) is 4.98 Å². The number of hydrogen-bond acceptors (Lipinski definition) is 4. The van der Waals surface area contributed by atoms with Gasteiger partial charge in [-0.15, -0.1) is 11.3 Å². The van der Waals surface area contributed by atoms with Crippen molar-refractivity contribution < 1.29 is 0 Å². The Labute approximate surface area is 131 Å². The molecule has 4 heteroatoms. The molecule has 0 saturated carbocycles. The second kappa shape index (κ2) is 7.14. The monoisotopic (exact) mass is 303 g/mol. The van der Waals surface area contributed by atoms with E-state index in [0.717, 1.165) is 19.4 Å². The Morgan fingerprint density at radius 1 is 1.24 bits per heavy atom. The largest absolute Gasteiger partial charge is 0.310 e. The lowest BCUT2D eigenvalue weighted by Gasteiger charge is -2.18. The summed E-state index contributed by atoms with van der Waals surface area (Å²) in [6, 6.07) is 4.49. The molecule has 0 aliphatic rings. The Kier molecular flexibility index (Phi) is 5.48. The van der Waals surface area contributed by atoms with E-state index in [2.05, 4.69) is 55.5 Å². The molecule has 0 aromatic carbocycles. The van der Waals surface area contributed by atoms with Crippen LogP contribution in [0, 0.1) is 0 Å². The van der Waals surface area contributed by atoms with Crippen molar-refractivity contribution >= 4 is 11.3 Å². The molecule has 0 spiro atoms. The fraction of sp³-hybridized carbons (Fsp3) is 0.529. The Balaban J connectivity index is 2.13. The van der Waals surface area contributed by atoms with E-state index in [4.69, 9.17) is 4.98 Å². The highest BCUT2D eigenvalue weighted by atomic mass is 32.1. The maximum atomic E-state index is 4.82. The zero-order valence-corrected chi connectivity index (χ0v) is 14.2. The number of thiazole rings is 1. The summed E-state index contributed by atoms with van der Waals surface area (Å²) in [4.78, 5) is 8.93. The Morgan fingerprint density at radius 2 is 1.95 bits per heavy atom. The molecule has 2 rings (SSSR count). The first-order chi connectivity index (χ1) is 10.0. The van der Waals surface area contributed by atoms with Crippen LogP contribution in [0.5, 0.6) is 0 Å². The van der Waals surface area contributed by atoms with Gasteiger partial charge in [-0.1, -0.05) is 27.7 Å². The van der Waals surface area contributed by atoms with Gasteiger partial charge in [0.25, 0.3) is 0 Å². The summed E-state index contributed by atoms with van der Waals surface area (Å²) in [7, 11) is 0. The highest BCUT2D eigenvalue weighted by Gasteiger charge is 2.19. The van der Waals surface area contributed by atoms with Crippen molar-refractivity contribution in [3.63, 3.8) is 0 Å². The number of nitrogens with zero attached hydrogens (tertiary/aromatic N) is 2. The fourth-order valence-electron chi connectivity index (χ4n) is 2.15. The standard InChI is InChI=1S/C17H25N3S/c1-5-8-19-14(13-6-9-18-10-7-13)11-16-20-15(12-21-16)17(2,3)4/h6-7,9-10,12,14,19H,5,8,11H2,1-4H3. The first-order valence-electron chi connectivity index (χ1n) is 7.59. The average molecular weight is 303 g/mol. The van der Waals surface area contributed by atoms with E-state index in [1.165, 1.54) is 16.3 Å². The van der Waals surface area contributed by atoms with Gasteiger partial charge in [-0.05, 0) is 30.7 Å². The average Bonchev–Trinajstić information content (AvgIpc) is 2.93. The third kappa shape index (κ3) is 4.61. The molecular weight excluding hydrogens is 278 g/mol. The molecule has 1 N–H and O–H groups in total. The normalized spacial score (nSPS) is 13.3. The van der Waals surface area contributed by atoms with Gasteiger partial charge in [0.2, 0.25) is 0 Å². The van der Waals surface area contributed by atoms with Gasteiger partial charge in [0.15, 0.2) is 0 Å². The molecule has 2 heterocycles. The zero-order valence-electron chi connectivity index (χ0n) is 13.4.